The minimum absolute atomic E-state index is 0.222. The van der Waals surface area contributed by atoms with Gasteiger partial charge < -0.3 is 10.6 Å². The molecule has 1 aliphatic heterocycles. The van der Waals surface area contributed by atoms with Gasteiger partial charge in [0.1, 0.15) is 5.82 Å². The molecule has 1 aliphatic rings. The van der Waals surface area contributed by atoms with Gasteiger partial charge in [-0.1, -0.05) is 19.1 Å². The highest BCUT2D eigenvalue weighted by Gasteiger charge is 2.25. The topological polar surface area (TPSA) is 58.3 Å². The normalized spacial score (nSPS) is 18.3. The van der Waals surface area contributed by atoms with E-state index in [4.69, 9.17) is 18.0 Å². The molecule has 2 N–H and O–H groups in total. The van der Waals surface area contributed by atoms with Crippen molar-refractivity contribution in [3.8, 4) is 0 Å². The van der Waals surface area contributed by atoms with Gasteiger partial charge in [0.2, 0.25) is 0 Å². The Kier molecular flexibility index (Phi) is 4.66. The lowest BCUT2D eigenvalue weighted by Gasteiger charge is -2.39. The van der Waals surface area contributed by atoms with Gasteiger partial charge in [-0.15, -0.1) is 0 Å². The third kappa shape index (κ3) is 3.19. The molecule has 0 aliphatic carbocycles. The number of thiocarbonyl (C=S) groups is 1. The van der Waals surface area contributed by atoms with Gasteiger partial charge in [0.15, 0.2) is 0 Å². The van der Waals surface area contributed by atoms with Crippen molar-refractivity contribution in [2.24, 2.45) is 5.73 Å². The van der Waals surface area contributed by atoms with E-state index < -0.39 is 0 Å². The molecule has 1 fully saturated rings. The Morgan fingerprint density at radius 3 is 2.47 bits per heavy atom. The number of aryl methyl sites for hydroxylation is 1. The van der Waals surface area contributed by atoms with Crippen molar-refractivity contribution in [2.45, 2.75) is 26.3 Å². The first kappa shape index (κ1) is 14.1. The molecule has 1 aromatic rings. The van der Waals surface area contributed by atoms with Crippen molar-refractivity contribution in [1.82, 2.24) is 14.9 Å². The van der Waals surface area contributed by atoms with E-state index in [1.54, 1.807) is 12.4 Å². The number of hydrogen-bond acceptors (Lipinski definition) is 5. The summed E-state index contributed by atoms with van der Waals surface area (Å²) in [6, 6.07) is 0.222. The Hall–Kier alpha value is -1.27. The maximum atomic E-state index is 5.80. The zero-order chi connectivity index (χ0) is 13.8. The second kappa shape index (κ2) is 6.25. The highest BCUT2D eigenvalue weighted by Crippen LogP contribution is 2.17. The average Bonchev–Trinajstić information content (AvgIpc) is 2.41. The van der Waals surface area contributed by atoms with Gasteiger partial charge in [-0.3, -0.25) is 9.88 Å². The number of rotatable bonds is 4. The lowest BCUT2D eigenvalue weighted by atomic mass is 10.1. The Morgan fingerprint density at radius 1 is 1.32 bits per heavy atom. The van der Waals surface area contributed by atoms with E-state index in [0.29, 0.717) is 4.99 Å². The summed E-state index contributed by atoms with van der Waals surface area (Å²) < 4.78 is 0. The van der Waals surface area contributed by atoms with Crippen molar-refractivity contribution >= 4 is 23.0 Å². The van der Waals surface area contributed by atoms with Crippen LogP contribution in [0.3, 0.4) is 0 Å². The zero-order valence-electron chi connectivity index (χ0n) is 11.5. The molecule has 0 amide bonds. The predicted octanol–water partition coefficient (Wildman–Crippen LogP) is 0.972. The number of nitrogens with zero attached hydrogens (tertiary/aromatic N) is 4. The molecule has 1 unspecified atom stereocenters. The summed E-state index contributed by atoms with van der Waals surface area (Å²) in [4.78, 5) is 14.0. The summed E-state index contributed by atoms with van der Waals surface area (Å²) in [5.74, 6) is 0.991. The summed E-state index contributed by atoms with van der Waals surface area (Å²) in [6.45, 7) is 7.94. The van der Waals surface area contributed by atoms with Crippen LogP contribution in [-0.2, 0) is 0 Å². The van der Waals surface area contributed by atoms with E-state index >= 15 is 0 Å². The predicted molar refractivity (Wildman–Crippen MR) is 81.4 cm³/mol. The molecule has 104 valence electrons. The molecular weight excluding hydrogens is 258 g/mol. The number of aromatic nitrogens is 2. The highest BCUT2D eigenvalue weighted by atomic mass is 32.1. The molecule has 2 heterocycles. The van der Waals surface area contributed by atoms with Crippen molar-refractivity contribution in [3.63, 3.8) is 0 Å². The smallest absolute Gasteiger partial charge is 0.150 e. The Labute approximate surface area is 119 Å². The van der Waals surface area contributed by atoms with E-state index in [-0.39, 0.29) is 6.04 Å². The van der Waals surface area contributed by atoms with Gasteiger partial charge >= 0.3 is 0 Å². The van der Waals surface area contributed by atoms with Gasteiger partial charge in [-0.2, -0.15) is 0 Å². The second-order valence-electron chi connectivity index (χ2n) is 4.81. The molecule has 0 bridgehead atoms. The molecule has 0 radical (unpaired) electrons. The largest absolute Gasteiger partial charge is 0.392 e. The van der Waals surface area contributed by atoms with Crippen molar-refractivity contribution in [1.29, 1.82) is 0 Å². The molecular formula is C13H21N5S. The highest BCUT2D eigenvalue weighted by molar-refractivity contribution is 7.80. The summed E-state index contributed by atoms with van der Waals surface area (Å²) in [6.07, 6.45) is 4.45. The molecule has 0 spiro atoms. The Morgan fingerprint density at radius 2 is 1.95 bits per heavy atom. The Bertz CT molecular complexity index is 442. The fourth-order valence-electron chi connectivity index (χ4n) is 2.60. The molecule has 2 rings (SSSR count). The summed E-state index contributed by atoms with van der Waals surface area (Å²) in [7, 11) is 0. The zero-order valence-corrected chi connectivity index (χ0v) is 12.4. The van der Waals surface area contributed by atoms with Crippen LogP contribution < -0.4 is 10.6 Å². The van der Waals surface area contributed by atoms with E-state index in [0.717, 1.165) is 44.1 Å². The van der Waals surface area contributed by atoms with Crippen molar-refractivity contribution < 1.29 is 0 Å². The Balaban J connectivity index is 2.00. The van der Waals surface area contributed by atoms with E-state index in [1.165, 1.54) is 0 Å². The first-order valence-electron chi connectivity index (χ1n) is 6.69. The quantitative estimate of drug-likeness (QED) is 0.829. The maximum Gasteiger partial charge on any atom is 0.150 e. The molecule has 1 atom stereocenters. The fraction of sp³-hybridized carbons (Fsp3) is 0.615. The van der Waals surface area contributed by atoms with Crippen LogP contribution >= 0.6 is 12.2 Å². The van der Waals surface area contributed by atoms with Gasteiger partial charge in [0, 0.05) is 38.6 Å². The third-order valence-corrected chi connectivity index (χ3v) is 3.90. The minimum atomic E-state index is 0.222. The first-order valence-corrected chi connectivity index (χ1v) is 7.10. The van der Waals surface area contributed by atoms with Crippen LogP contribution in [0.2, 0.25) is 0 Å². The first-order chi connectivity index (χ1) is 9.13. The molecule has 5 nitrogen and oxygen atoms in total. The SMILES string of the molecule is CCC(C(N)=S)N1CCN(c2nccnc2C)CC1. The van der Waals surface area contributed by atoms with Gasteiger partial charge in [0.25, 0.3) is 0 Å². The average molecular weight is 279 g/mol. The van der Waals surface area contributed by atoms with E-state index in [9.17, 15) is 0 Å². The molecule has 0 aromatic carbocycles. The van der Waals surface area contributed by atoms with Crippen molar-refractivity contribution in [2.75, 3.05) is 31.1 Å². The van der Waals surface area contributed by atoms with Crippen LogP contribution in [0.5, 0.6) is 0 Å². The lowest BCUT2D eigenvalue weighted by Crippen LogP contribution is -2.53. The molecule has 1 saturated heterocycles. The van der Waals surface area contributed by atoms with Crippen LogP contribution in [-0.4, -0.2) is 52.1 Å². The molecule has 6 heteroatoms. The van der Waals surface area contributed by atoms with Crippen molar-refractivity contribution in [3.05, 3.63) is 18.1 Å². The monoisotopic (exact) mass is 279 g/mol. The molecule has 19 heavy (non-hydrogen) atoms. The summed E-state index contributed by atoms with van der Waals surface area (Å²) in [5.41, 5.74) is 6.79. The van der Waals surface area contributed by atoms with Crippen LogP contribution in [0.1, 0.15) is 19.0 Å². The number of nitrogens with two attached hydrogens (primary N) is 1. The maximum absolute atomic E-state index is 5.80. The molecule has 0 saturated carbocycles. The number of piperazine rings is 1. The van der Waals surface area contributed by atoms with E-state index in [2.05, 4.69) is 26.7 Å². The fourth-order valence-corrected chi connectivity index (χ4v) is 2.91. The van der Waals surface area contributed by atoms with Crippen LogP contribution in [0, 0.1) is 6.92 Å². The van der Waals surface area contributed by atoms with Crippen LogP contribution in [0.4, 0.5) is 5.82 Å². The number of anilines is 1. The summed E-state index contributed by atoms with van der Waals surface area (Å²) in [5, 5.41) is 0. The lowest BCUT2D eigenvalue weighted by molar-refractivity contribution is 0.224. The van der Waals surface area contributed by atoms with Crippen LogP contribution in [0.25, 0.3) is 0 Å². The van der Waals surface area contributed by atoms with E-state index in [1.807, 2.05) is 6.92 Å². The van der Waals surface area contributed by atoms with Gasteiger partial charge in [0.05, 0.1) is 16.7 Å². The van der Waals surface area contributed by atoms with Gasteiger partial charge in [-0.25, -0.2) is 4.98 Å². The standard InChI is InChI=1S/C13H21N5S/c1-3-11(12(14)19)17-6-8-18(9-7-17)13-10(2)15-4-5-16-13/h4-5,11H,3,6-9H2,1-2H3,(H2,14,19). The van der Waals surface area contributed by atoms with Gasteiger partial charge in [-0.05, 0) is 13.3 Å². The summed E-state index contributed by atoms with van der Waals surface area (Å²) >= 11 is 5.14. The third-order valence-electron chi connectivity index (χ3n) is 3.62. The molecule has 1 aromatic heterocycles. The van der Waals surface area contributed by atoms with Crippen LogP contribution in [0.15, 0.2) is 12.4 Å². The number of hydrogen-bond donors (Lipinski definition) is 1. The second-order valence-corrected chi connectivity index (χ2v) is 5.29. The minimum Gasteiger partial charge on any atom is -0.392 e.